The van der Waals surface area contributed by atoms with Gasteiger partial charge in [0, 0.05) is 12.6 Å². The van der Waals surface area contributed by atoms with Crippen molar-refractivity contribution in [2.45, 2.75) is 32.2 Å². The highest BCUT2D eigenvalue weighted by Gasteiger charge is 2.23. The van der Waals surface area contributed by atoms with Gasteiger partial charge < -0.3 is 9.64 Å². The maximum Gasteiger partial charge on any atom is 0.313 e. The quantitative estimate of drug-likeness (QED) is 0.513. The van der Waals surface area contributed by atoms with E-state index in [1.807, 2.05) is 0 Å². The van der Waals surface area contributed by atoms with Crippen LogP contribution in [0.15, 0.2) is 0 Å². The fourth-order valence-electron chi connectivity index (χ4n) is 2.27. The van der Waals surface area contributed by atoms with Crippen molar-refractivity contribution < 1.29 is 14.3 Å². The number of nitrogens with zero attached hydrogens (tertiary/aromatic N) is 2. The topological polar surface area (TPSA) is 49.9 Å². The fraction of sp³-hybridized carbons (Fsp3) is 0.846. The summed E-state index contributed by atoms with van der Waals surface area (Å²) in [6.07, 6.45) is 2.18. The van der Waals surface area contributed by atoms with Gasteiger partial charge in [0.2, 0.25) is 0 Å². The Kier molecular flexibility index (Phi) is 6.29. The third-order valence-corrected chi connectivity index (χ3v) is 3.26. The smallest absolute Gasteiger partial charge is 0.313 e. The maximum absolute atomic E-state index is 11.7. The van der Waals surface area contributed by atoms with E-state index in [0.717, 1.165) is 19.5 Å². The van der Waals surface area contributed by atoms with Gasteiger partial charge in [-0.25, -0.2) is 0 Å². The van der Waals surface area contributed by atoms with Gasteiger partial charge in [-0.1, -0.05) is 0 Å². The Bertz CT molecular complexity index is 292. The summed E-state index contributed by atoms with van der Waals surface area (Å²) < 4.78 is 4.77. The van der Waals surface area contributed by atoms with Crippen molar-refractivity contribution in [2.75, 3.05) is 40.3 Å². The molecule has 0 N–H and O–H groups in total. The molecule has 0 radical (unpaired) electrons. The molecule has 1 saturated heterocycles. The van der Waals surface area contributed by atoms with Crippen molar-refractivity contribution in [3.05, 3.63) is 0 Å². The Hall–Kier alpha value is -0.940. The number of ketones is 1. The molecule has 1 heterocycles. The van der Waals surface area contributed by atoms with Crippen LogP contribution in [0.5, 0.6) is 0 Å². The highest BCUT2D eigenvalue weighted by Crippen LogP contribution is 2.13. The van der Waals surface area contributed by atoms with Crippen molar-refractivity contribution in [1.82, 2.24) is 9.80 Å². The molecule has 0 aromatic heterocycles. The van der Waals surface area contributed by atoms with Crippen LogP contribution in [0.2, 0.25) is 0 Å². The lowest BCUT2D eigenvalue weighted by molar-refractivity contribution is -0.145. The van der Waals surface area contributed by atoms with Crippen LogP contribution in [-0.4, -0.2) is 67.9 Å². The number of rotatable bonds is 6. The molecule has 1 fully saturated rings. The molecular formula is C13H24N2O3. The van der Waals surface area contributed by atoms with E-state index in [2.05, 4.69) is 23.9 Å². The van der Waals surface area contributed by atoms with Crippen LogP contribution in [0.3, 0.4) is 0 Å². The second-order valence-electron chi connectivity index (χ2n) is 5.02. The molecule has 0 aromatic carbocycles. The van der Waals surface area contributed by atoms with Crippen LogP contribution < -0.4 is 0 Å². The first-order valence-electron chi connectivity index (χ1n) is 6.59. The summed E-state index contributed by atoms with van der Waals surface area (Å²) in [5.74, 6) is -0.462. The lowest BCUT2D eigenvalue weighted by Crippen LogP contribution is -2.46. The molecule has 0 amide bonds. The lowest BCUT2D eigenvalue weighted by atomic mass is 10.0. The van der Waals surface area contributed by atoms with Crippen LogP contribution in [-0.2, 0) is 14.3 Å². The molecule has 0 spiro atoms. The molecule has 5 nitrogen and oxygen atoms in total. The van der Waals surface area contributed by atoms with Gasteiger partial charge in [0.15, 0.2) is 5.78 Å². The zero-order valence-electron chi connectivity index (χ0n) is 11.6. The maximum atomic E-state index is 11.7. The molecule has 1 aliphatic heterocycles. The summed E-state index contributed by atoms with van der Waals surface area (Å²) >= 11 is 0. The molecule has 0 saturated carbocycles. The van der Waals surface area contributed by atoms with E-state index in [-0.39, 0.29) is 12.2 Å². The average Bonchev–Trinajstić information content (AvgIpc) is 2.29. The molecule has 1 aliphatic rings. The van der Waals surface area contributed by atoms with Gasteiger partial charge in [-0.05, 0) is 40.4 Å². The minimum Gasteiger partial charge on any atom is -0.466 e. The number of ether oxygens (including phenoxy) is 1. The summed E-state index contributed by atoms with van der Waals surface area (Å²) in [6, 6.07) is 0.508. The van der Waals surface area contributed by atoms with Crippen LogP contribution in [0.25, 0.3) is 0 Å². The molecular weight excluding hydrogens is 232 g/mol. The number of carbonyl (C=O) groups excluding carboxylic acids is 2. The van der Waals surface area contributed by atoms with Crippen molar-refractivity contribution in [2.24, 2.45) is 0 Å². The predicted octanol–water partition coefficient (Wildman–Crippen LogP) is 0.535. The Morgan fingerprint density at radius 2 is 2.11 bits per heavy atom. The number of Topliss-reactive ketones (excluding diaryl/α,β-unsaturated/α-hetero) is 1. The standard InChI is InChI=1S/C13H24N2O3/c1-4-18-13(17)8-12(16)10-15-7-5-6-11(9-15)14(2)3/h11H,4-10H2,1-3H3. The van der Waals surface area contributed by atoms with E-state index in [9.17, 15) is 9.59 Å². The van der Waals surface area contributed by atoms with Gasteiger partial charge in [0.05, 0.1) is 13.2 Å². The predicted molar refractivity (Wildman–Crippen MR) is 69.4 cm³/mol. The molecule has 0 aromatic rings. The van der Waals surface area contributed by atoms with E-state index >= 15 is 0 Å². The van der Waals surface area contributed by atoms with E-state index in [1.165, 1.54) is 6.42 Å². The zero-order valence-corrected chi connectivity index (χ0v) is 11.6. The Morgan fingerprint density at radius 3 is 2.72 bits per heavy atom. The zero-order chi connectivity index (χ0) is 13.5. The molecule has 1 atom stereocenters. The summed E-state index contributed by atoms with van der Waals surface area (Å²) in [5.41, 5.74) is 0. The monoisotopic (exact) mass is 256 g/mol. The number of piperidine rings is 1. The van der Waals surface area contributed by atoms with E-state index in [4.69, 9.17) is 4.74 Å². The number of esters is 1. The first-order valence-corrected chi connectivity index (χ1v) is 6.59. The summed E-state index contributed by atoms with van der Waals surface area (Å²) in [5, 5.41) is 0. The third kappa shape index (κ3) is 5.14. The van der Waals surface area contributed by atoms with Crippen LogP contribution in [0, 0.1) is 0 Å². The van der Waals surface area contributed by atoms with Gasteiger partial charge in [0.25, 0.3) is 0 Å². The summed E-state index contributed by atoms with van der Waals surface area (Å²) in [6.45, 7) is 4.29. The second kappa shape index (κ2) is 7.48. The molecule has 1 unspecified atom stereocenters. The van der Waals surface area contributed by atoms with Crippen molar-refractivity contribution in [1.29, 1.82) is 0 Å². The van der Waals surface area contributed by atoms with Crippen molar-refractivity contribution in [3.63, 3.8) is 0 Å². The summed E-state index contributed by atoms with van der Waals surface area (Å²) in [7, 11) is 4.13. The minimum absolute atomic E-state index is 0.0483. The number of likely N-dealkylation sites (tertiary alicyclic amines) is 1. The second-order valence-corrected chi connectivity index (χ2v) is 5.02. The fourth-order valence-corrected chi connectivity index (χ4v) is 2.27. The molecule has 104 valence electrons. The number of likely N-dealkylation sites (N-methyl/N-ethyl adjacent to an activating group) is 1. The molecule has 5 heteroatoms. The largest absolute Gasteiger partial charge is 0.466 e. The number of carbonyl (C=O) groups is 2. The van der Waals surface area contributed by atoms with Crippen molar-refractivity contribution >= 4 is 11.8 Å². The van der Waals surface area contributed by atoms with Crippen molar-refractivity contribution in [3.8, 4) is 0 Å². The average molecular weight is 256 g/mol. The Labute approximate surface area is 109 Å². The third-order valence-electron chi connectivity index (χ3n) is 3.26. The van der Waals surface area contributed by atoms with E-state index in [1.54, 1.807) is 6.92 Å². The molecule has 0 bridgehead atoms. The normalized spacial score (nSPS) is 21.0. The highest BCUT2D eigenvalue weighted by molar-refractivity contribution is 5.96. The van der Waals surface area contributed by atoms with Crippen LogP contribution in [0.1, 0.15) is 26.2 Å². The summed E-state index contributed by atoms with van der Waals surface area (Å²) in [4.78, 5) is 27.2. The van der Waals surface area contributed by atoms with E-state index < -0.39 is 5.97 Å². The van der Waals surface area contributed by atoms with Gasteiger partial charge in [0.1, 0.15) is 6.42 Å². The molecule has 0 aliphatic carbocycles. The Morgan fingerprint density at radius 1 is 1.39 bits per heavy atom. The SMILES string of the molecule is CCOC(=O)CC(=O)CN1CCCC(N(C)C)C1. The first-order chi connectivity index (χ1) is 8.52. The van der Waals surface area contributed by atoms with Gasteiger partial charge >= 0.3 is 5.97 Å². The number of hydrogen-bond donors (Lipinski definition) is 0. The highest BCUT2D eigenvalue weighted by atomic mass is 16.5. The minimum atomic E-state index is -0.413. The molecule has 18 heavy (non-hydrogen) atoms. The van der Waals surface area contributed by atoms with Gasteiger partial charge in [-0.2, -0.15) is 0 Å². The number of hydrogen-bond acceptors (Lipinski definition) is 5. The van der Waals surface area contributed by atoms with Crippen LogP contribution >= 0.6 is 0 Å². The molecule has 1 rings (SSSR count). The van der Waals surface area contributed by atoms with Gasteiger partial charge in [-0.3, -0.25) is 14.5 Å². The lowest BCUT2D eigenvalue weighted by Gasteiger charge is -2.35. The first kappa shape index (κ1) is 15.1. The Balaban J connectivity index is 2.33. The van der Waals surface area contributed by atoms with E-state index in [0.29, 0.717) is 19.2 Å². The van der Waals surface area contributed by atoms with Crippen LogP contribution in [0.4, 0.5) is 0 Å². The van der Waals surface area contributed by atoms with Gasteiger partial charge in [-0.15, -0.1) is 0 Å².